The van der Waals surface area contributed by atoms with Crippen molar-refractivity contribution in [2.45, 2.75) is 33.6 Å². The van der Waals surface area contributed by atoms with Crippen molar-refractivity contribution in [3.05, 3.63) is 35.1 Å². The summed E-state index contributed by atoms with van der Waals surface area (Å²) in [5.41, 5.74) is -0.555. The molecule has 0 saturated heterocycles. The number of hydrogen-bond donors (Lipinski definition) is 0. The monoisotopic (exact) mass is 388 g/mol. The number of ether oxygens (including phenoxy) is 1. The summed E-state index contributed by atoms with van der Waals surface area (Å²) in [6, 6.07) is 1.63. The first-order valence-corrected chi connectivity index (χ1v) is 9.16. The van der Waals surface area contributed by atoms with Crippen LogP contribution in [0.15, 0.2) is 12.1 Å². The number of halogens is 3. The number of hydrogen-bond acceptors (Lipinski definition) is 4. The zero-order chi connectivity index (χ0) is 20.4. The van der Waals surface area contributed by atoms with Crippen molar-refractivity contribution in [1.29, 1.82) is 0 Å². The summed E-state index contributed by atoms with van der Waals surface area (Å²) < 4.78 is 45.4. The molecule has 27 heavy (non-hydrogen) atoms. The SMILES string of the molecule is CCOC(=O)CCN(CCCN(CC)CC)C(=O)c1ccc(F)c(F)c1F. The molecule has 0 heterocycles. The van der Waals surface area contributed by atoms with E-state index in [9.17, 15) is 22.8 Å². The number of amides is 1. The Morgan fingerprint density at radius 2 is 1.63 bits per heavy atom. The average Bonchev–Trinajstić information content (AvgIpc) is 2.65. The Balaban J connectivity index is 2.89. The highest BCUT2D eigenvalue weighted by atomic mass is 19.2. The van der Waals surface area contributed by atoms with E-state index >= 15 is 0 Å². The lowest BCUT2D eigenvalue weighted by Crippen LogP contribution is -2.36. The first kappa shape index (κ1) is 23.0. The number of benzene rings is 1. The molecular weight excluding hydrogens is 361 g/mol. The minimum absolute atomic E-state index is 0.00829. The van der Waals surface area contributed by atoms with Crippen LogP contribution in [0.25, 0.3) is 0 Å². The Morgan fingerprint density at radius 3 is 2.22 bits per heavy atom. The Bertz CT molecular complexity index is 637. The van der Waals surface area contributed by atoms with Gasteiger partial charge in [-0.2, -0.15) is 0 Å². The van der Waals surface area contributed by atoms with Crippen molar-refractivity contribution >= 4 is 11.9 Å². The maximum Gasteiger partial charge on any atom is 0.307 e. The maximum atomic E-state index is 14.0. The molecule has 152 valence electrons. The fourth-order valence-electron chi connectivity index (χ4n) is 2.66. The molecule has 0 saturated carbocycles. The highest BCUT2D eigenvalue weighted by molar-refractivity contribution is 5.94. The van der Waals surface area contributed by atoms with E-state index in [1.165, 1.54) is 4.90 Å². The lowest BCUT2D eigenvalue weighted by molar-refractivity contribution is -0.143. The van der Waals surface area contributed by atoms with Crippen LogP contribution in [0, 0.1) is 17.5 Å². The minimum Gasteiger partial charge on any atom is -0.466 e. The summed E-state index contributed by atoms with van der Waals surface area (Å²) in [5, 5.41) is 0. The smallest absolute Gasteiger partial charge is 0.307 e. The number of carbonyl (C=O) groups excluding carboxylic acids is 2. The van der Waals surface area contributed by atoms with Crippen LogP contribution >= 0.6 is 0 Å². The van der Waals surface area contributed by atoms with Gasteiger partial charge in [-0.05, 0) is 45.1 Å². The average molecular weight is 388 g/mol. The minimum atomic E-state index is -1.69. The molecule has 0 fully saturated rings. The van der Waals surface area contributed by atoms with Crippen molar-refractivity contribution in [1.82, 2.24) is 9.80 Å². The molecule has 0 aliphatic heterocycles. The van der Waals surface area contributed by atoms with E-state index in [1.807, 2.05) is 13.8 Å². The quantitative estimate of drug-likeness (QED) is 0.431. The summed E-state index contributed by atoms with van der Waals surface area (Å²) in [5.74, 6) is -5.83. The molecule has 0 N–H and O–H groups in total. The van der Waals surface area contributed by atoms with Gasteiger partial charge in [0.25, 0.3) is 5.91 Å². The van der Waals surface area contributed by atoms with E-state index in [1.54, 1.807) is 6.92 Å². The topological polar surface area (TPSA) is 49.9 Å². The molecule has 5 nitrogen and oxygen atoms in total. The molecule has 0 aliphatic carbocycles. The molecule has 1 aromatic carbocycles. The molecule has 0 bridgehead atoms. The van der Waals surface area contributed by atoms with E-state index in [0.29, 0.717) is 12.5 Å². The van der Waals surface area contributed by atoms with Crippen LogP contribution in [0.4, 0.5) is 13.2 Å². The Morgan fingerprint density at radius 1 is 0.963 bits per heavy atom. The van der Waals surface area contributed by atoms with E-state index < -0.39 is 34.9 Å². The molecule has 1 amide bonds. The molecule has 0 radical (unpaired) electrons. The Labute approximate surface area is 158 Å². The van der Waals surface area contributed by atoms with Gasteiger partial charge in [0.15, 0.2) is 17.5 Å². The zero-order valence-corrected chi connectivity index (χ0v) is 16.1. The zero-order valence-electron chi connectivity index (χ0n) is 16.1. The van der Waals surface area contributed by atoms with Gasteiger partial charge in [0.2, 0.25) is 0 Å². The molecular formula is C19H27F3N2O3. The summed E-state index contributed by atoms with van der Waals surface area (Å²) in [4.78, 5) is 27.7. The maximum absolute atomic E-state index is 14.0. The fourth-order valence-corrected chi connectivity index (χ4v) is 2.66. The fraction of sp³-hybridized carbons (Fsp3) is 0.579. The highest BCUT2D eigenvalue weighted by Crippen LogP contribution is 2.17. The molecule has 0 unspecified atom stereocenters. The highest BCUT2D eigenvalue weighted by Gasteiger charge is 2.24. The van der Waals surface area contributed by atoms with Crippen LogP contribution in [0.3, 0.4) is 0 Å². The van der Waals surface area contributed by atoms with Crippen molar-refractivity contribution < 1.29 is 27.5 Å². The second kappa shape index (κ2) is 11.6. The third kappa shape index (κ3) is 6.86. The van der Waals surface area contributed by atoms with Gasteiger partial charge in [-0.1, -0.05) is 13.8 Å². The van der Waals surface area contributed by atoms with Crippen LogP contribution in [0.2, 0.25) is 0 Å². The third-order valence-corrected chi connectivity index (χ3v) is 4.24. The number of carbonyl (C=O) groups is 2. The molecule has 0 aromatic heterocycles. The Hall–Kier alpha value is -2.09. The second-order valence-corrected chi connectivity index (χ2v) is 5.95. The number of rotatable bonds is 11. The van der Waals surface area contributed by atoms with Crippen molar-refractivity contribution in [2.24, 2.45) is 0 Å². The van der Waals surface area contributed by atoms with E-state index in [2.05, 4.69) is 4.90 Å². The summed E-state index contributed by atoms with van der Waals surface area (Å²) in [6.07, 6.45) is 0.539. The summed E-state index contributed by atoms with van der Waals surface area (Å²) in [7, 11) is 0. The number of esters is 1. The summed E-state index contributed by atoms with van der Waals surface area (Å²) in [6.45, 7) is 8.61. The summed E-state index contributed by atoms with van der Waals surface area (Å²) >= 11 is 0. The van der Waals surface area contributed by atoms with Gasteiger partial charge >= 0.3 is 5.97 Å². The van der Waals surface area contributed by atoms with Gasteiger partial charge in [0, 0.05) is 13.1 Å². The van der Waals surface area contributed by atoms with Gasteiger partial charge < -0.3 is 14.5 Å². The predicted octanol–water partition coefficient (Wildman–Crippen LogP) is 3.23. The molecule has 1 rings (SSSR count). The molecule has 0 spiro atoms. The van der Waals surface area contributed by atoms with Crippen LogP contribution in [0.5, 0.6) is 0 Å². The standard InChI is InChI=1S/C19H27F3N2O3/c1-4-23(5-2)11-7-12-24(13-10-16(25)27-6-3)19(26)14-8-9-15(20)18(22)17(14)21/h8-9H,4-7,10-13H2,1-3H3. The van der Waals surface area contributed by atoms with E-state index in [0.717, 1.165) is 25.7 Å². The first-order chi connectivity index (χ1) is 12.8. The second-order valence-electron chi connectivity index (χ2n) is 5.95. The third-order valence-electron chi connectivity index (χ3n) is 4.24. The molecule has 8 heteroatoms. The lowest BCUT2D eigenvalue weighted by Gasteiger charge is -2.25. The van der Waals surface area contributed by atoms with Crippen LogP contribution in [-0.2, 0) is 9.53 Å². The van der Waals surface area contributed by atoms with Crippen molar-refractivity contribution in [3.8, 4) is 0 Å². The van der Waals surface area contributed by atoms with Crippen molar-refractivity contribution in [3.63, 3.8) is 0 Å². The molecule has 0 aliphatic rings. The van der Waals surface area contributed by atoms with E-state index in [4.69, 9.17) is 4.74 Å². The largest absolute Gasteiger partial charge is 0.466 e. The van der Waals surface area contributed by atoms with E-state index in [-0.39, 0.29) is 26.1 Å². The van der Waals surface area contributed by atoms with Gasteiger partial charge in [0.05, 0.1) is 18.6 Å². The van der Waals surface area contributed by atoms with Gasteiger partial charge in [-0.3, -0.25) is 9.59 Å². The van der Waals surface area contributed by atoms with Crippen LogP contribution in [-0.4, -0.2) is 61.0 Å². The van der Waals surface area contributed by atoms with Gasteiger partial charge in [-0.25, -0.2) is 13.2 Å². The van der Waals surface area contributed by atoms with Gasteiger partial charge in [-0.15, -0.1) is 0 Å². The van der Waals surface area contributed by atoms with Crippen molar-refractivity contribution in [2.75, 3.05) is 39.3 Å². The van der Waals surface area contributed by atoms with Crippen LogP contribution < -0.4 is 0 Å². The normalized spacial score (nSPS) is 10.9. The molecule has 1 aromatic rings. The predicted molar refractivity (Wildman–Crippen MR) is 95.9 cm³/mol. The first-order valence-electron chi connectivity index (χ1n) is 9.16. The number of nitrogens with zero attached hydrogens (tertiary/aromatic N) is 2. The molecule has 0 atom stereocenters. The lowest BCUT2D eigenvalue weighted by atomic mass is 10.1. The van der Waals surface area contributed by atoms with Gasteiger partial charge in [0.1, 0.15) is 0 Å². The Kier molecular flexibility index (Phi) is 9.85. The van der Waals surface area contributed by atoms with Crippen LogP contribution in [0.1, 0.15) is 44.0 Å².